The number of hydrogen-bond acceptors (Lipinski definition) is 3. The average Bonchev–Trinajstić information content (AvgIpc) is 3.01. The zero-order valence-electron chi connectivity index (χ0n) is 15.2. The van der Waals surface area contributed by atoms with Gasteiger partial charge in [0.25, 0.3) is 5.56 Å². The van der Waals surface area contributed by atoms with E-state index < -0.39 is 0 Å². The Hall–Kier alpha value is -2.66. The van der Waals surface area contributed by atoms with Crippen LogP contribution in [0.4, 0.5) is 0 Å². The van der Waals surface area contributed by atoms with Crippen molar-refractivity contribution >= 4 is 32.5 Å². The number of aryl methyl sites for hydroxylation is 2. The fraction of sp³-hybridized carbons (Fsp3) is 0.238. The van der Waals surface area contributed by atoms with Gasteiger partial charge in [0, 0.05) is 18.4 Å². The molecule has 5 heteroatoms. The molecule has 0 saturated heterocycles. The van der Waals surface area contributed by atoms with Gasteiger partial charge in [-0.1, -0.05) is 32.0 Å². The lowest BCUT2D eigenvalue weighted by Crippen LogP contribution is -2.28. The minimum atomic E-state index is -0.244. The third kappa shape index (κ3) is 2.27. The molecule has 0 bridgehead atoms. The van der Waals surface area contributed by atoms with Gasteiger partial charge in [0.2, 0.25) is 5.43 Å². The highest BCUT2D eigenvalue weighted by molar-refractivity contribution is 7.17. The van der Waals surface area contributed by atoms with Gasteiger partial charge < -0.3 is 4.57 Å². The Bertz CT molecular complexity index is 1260. The molecule has 4 nitrogen and oxygen atoms in total. The Morgan fingerprint density at radius 1 is 1.08 bits per heavy atom. The van der Waals surface area contributed by atoms with Gasteiger partial charge >= 0.3 is 0 Å². The number of para-hydroxylation sites is 1. The zero-order valence-corrected chi connectivity index (χ0v) is 16.1. The Morgan fingerprint density at radius 2 is 1.77 bits per heavy atom. The highest BCUT2D eigenvalue weighted by Gasteiger charge is 2.20. The summed E-state index contributed by atoms with van der Waals surface area (Å²) in [6.07, 6.45) is 0. The highest BCUT2D eigenvalue weighted by Crippen LogP contribution is 2.27. The first-order valence-electron chi connectivity index (χ1n) is 8.63. The van der Waals surface area contributed by atoms with Gasteiger partial charge in [-0.25, -0.2) is 0 Å². The van der Waals surface area contributed by atoms with Crippen LogP contribution in [-0.4, -0.2) is 9.13 Å². The van der Waals surface area contributed by atoms with Gasteiger partial charge in [0.05, 0.1) is 15.7 Å². The van der Waals surface area contributed by atoms with Crippen LogP contribution in [-0.2, 0) is 7.05 Å². The quantitative estimate of drug-likeness (QED) is 0.531. The van der Waals surface area contributed by atoms with Crippen LogP contribution in [0.1, 0.15) is 31.0 Å². The van der Waals surface area contributed by atoms with Gasteiger partial charge in [-0.15, -0.1) is 11.3 Å². The van der Waals surface area contributed by atoms with Crippen molar-refractivity contribution in [1.29, 1.82) is 0 Å². The molecular formula is C21H20N2O2S. The van der Waals surface area contributed by atoms with Crippen molar-refractivity contribution < 1.29 is 0 Å². The molecule has 0 amide bonds. The molecule has 1 aromatic carbocycles. The van der Waals surface area contributed by atoms with Crippen molar-refractivity contribution in [2.45, 2.75) is 26.7 Å². The molecule has 0 aliphatic carbocycles. The Labute approximate surface area is 154 Å². The Kier molecular flexibility index (Phi) is 3.84. The zero-order chi connectivity index (χ0) is 18.6. The second-order valence-electron chi connectivity index (χ2n) is 6.94. The first-order valence-corrected chi connectivity index (χ1v) is 9.51. The summed E-state index contributed by atoms with van der Waals surface area (Å²) in [4.78, 5) is 26.6. The summed E-state index contributed by atoms with van der Waals surface area (Å²) in [5, 5.41) is 2.24. The molecule has 0 spiro atoms. The number of fused-ring (bicyclic) bond motifs is 2. The smallest absolute Gasteiger partial charge is 0.268 e. The summed E-state index contributed by atoms with van der Waals surface area (Å²) in [6, 6.07) is 11.5. The monoisotopic (exact) mass is 364 g/mol. The van der Waals surface area contributed by atoms with Crippen molar-refractivity contribution in [3.05, 3.63) is 73.6 Å². The molecule has 0 unspecified atom stereocenters. The van der Waals surface area contributed by atoms with Gasteiger partial charge in [-0.3, -0.25) is 14.2 Å². The molecule has 3 heterocycles. The number of pyridine rings is 2. The third-order valence-electron chi connectivity index (χ3n) is 4.89. The predicted octanol–water partition coefficient (Wildman–Crippen LogP) is 4.34. The van der Waals surface area contributed by atoms with Gasteiger partial charge in [-0.2, -0.15) is 0 Å². The van der Waals surface area contributed by atoms with E-state index in [1.807, 2.05) is 60.3 Å². The first-order chi connectivity index (χ1) is 12.4. The molecule has 0 fully saturated rings. The van der Waals surface area contributed by atoms with Crippen molar-refractivity contribution in [1.82, 2.24) is 9.13 Å². The number of aromatic nitrogens is 2. The second kappa shape index (κ2) is 5.95. The SMILES string of the molecule is Cc1csc2c(=O)c3c(=O)n(-c4ccccc4)c(C(C)C)cc3n(C)c12. The van der Waals surface area contributed by atoms with E-state index in [1.54, 1.807) is 4.57 Å². The van der Waals surface area contributed by atoms with Crippen molar-refractivity contribution in [3.63, 3.8) is 0 Å². The van der Waals surface area contributed by atoms with Crippen LogP contribution >= 0.6 is 11.3 Å². The van der Waals surface area contributed by atoms with E-state index in [9.17, 15) is 9.59 Å². The number of benzene rings is 1. The maximum Gasteiger partial charge on any atom is 0.268 e. The van der Waals surface area contributed by atoms with Crippen LogP contribution < -0.4 is 11.0 Å². The molecule has 26 heavy (non-hydrogen) atoms. The van der Waals surface area contributed by atoms with Crippen molar-refractivity contribution in [3.8, 4) is 5.69 Å². The predicted molar refractivity (Wildman–Crippen MR) is 109 cm³/mol. The first kappa shape index (κ1) is 16.8. The minimum absolute atomic E-state index is 0.140. The van der Waals surface area contributed by atoms with E-state index in [-0.39, 0.29) is 22.3 Å². The summed E-state index contributed by atoms with van der Waals surface area (Å²) in [6.45, 7) is 6.12. The van der Waals surface area contributed by atoms with Gasteiger partial charge in [0.15, 0.2) is 0 Å². The van der Waals surface area contributed by atoms with E-state index in [1.165, 1.54) is 11.3 Å². The lowest BCUT2D eigenvalue weighted by molar-refractivity contribution is 0.762. The van der Waals surface area contributed by atoms with Crippen LogP contribution in [0.25, 0.3) is 26.8 Å². The summed E-state index contributed by atoms with van der Waals surface area (Å²) in [5.41, 5.74) is 3.94. The molecular weight excluding hydrogens is 344 g/mol. The van der Waals surface area contributed by atoms with Crippen molar-refractivity contribution in [2.24, 2.45) is 7.05 Å². The maximum absolute atomic E-state index is 13.4. The lowest BCUT2D eigenvalue weighted by atomic mass is 10.1. The van der Waals surface area contributed by atoms with E-state index in [0.29, 0.717) is 10.2 Å². The van der Waals surface area contributed by atoms with Crippen LogP contribution in [0.2, 0.25) is 0 Å². The fourth-order valence-corrected chi connectivity index (χ4v) is 4.64. The largest absolute Gasteiger partial charge is 0.342 e. The third-order valence-corrected chi connectivity index (χ3v) is 5.98. The molecule has 4 rings (SSSR count). The van der Waals surface area contributed by atoms with E-state index in [0.717, 1.165) is 22.5 Å². The standard InChI is InChI=1S/C21H20N2O2S/c1-12(2)15-10-16-17(21(25)23(15)14-8-6-5-7-9-14)19(24)20-18(22(16)4)13(3)11-26-20/h5-12H,1-4H3. The number of rotatable bonds is 2. The van der Waals surface area contributed by atoms with Crippen LogP contribution in [0.5, 0.6) is 0 Å². The number of hydrogen-bond donors (Lipinski definition) is 0. The fourth-order valence-electron chi connectivity index (χ4n) is 3.61. The Morgan fingerprint density at radius 3 is 2.42 bits per heavy atom. The molecule has 3 aromatic heterocycles. The maximum atomic E-state index is 13.4. The number of thiophene rings is 1. The molecule has 0 saturated carbocycles. The summed E-state index contributed by atoms with van der Waals surface area (Å²) in [7, 11) is 1.93. The normalized spacial score (nSPS) is 11.7. The van der Waals surface area contributed by atoms with Gasteiger partial charge in [-0.05, 0) is 42.0 Å². The average molecular weight is 364 g/mol. The van der Waals surface area contributed by atoms with E-state index >= 15 is 0 Å². The molecule has 0 aliphatic heterocycles. The van der Waals surface area contributed by atoms with Gasteiger partial charge in [0.1, 0.15) is 5.39 Å². The molecule has 4 aromatic rings. The van der Waals surface area contributed by atoms with Crippen molar-refractivity contribution in [2.75, 3.05) is 0 Å². The topological polar surface area (TPSA) is 44.0 Å². The highest BCUT2D eigenvalue weighted by atomic mass is 32.1. The summed E-state index contributed by atoms with van der Waals surface area (Å²) < 4.78 is 4.31. The molecule has 132 valence electrons. The molecule has 0 radical (unpaired) electrons. The Balaban J connectivity index is 2.28. The number of nitrogens with zero attached hydrogens (tertiary/aromatic N) is 2. The second-order valence-corrected chi connectivity index (χ2v) is 7.82. The summed E-state index contributed by atoms with van der Waals surface area (Å²) >= 11 is 1.41. The van der Waals surface area contributed by atoms with E-state index in [2.05, 4.69) is 13.8 Å². The lowest BCUT2D eigenvalue weighted by Gasteiger charge is -2.18. The van der Waals surface area contributed by atoms with Crippen LogP contribution in [0, 0.1) is 6.92 Å². The molecule has 0 N–H and O–H groups in total. The van der Waals surface area contributed by atoms with Crippen LogP contribution in [0.3, 0.4) is 0 Å². The molecule has 0 aliphatic rings. The minimum Gasteiger partial charge on any atom is -0.342 e. The summed E-state index contributed by atoms with van der Waals surface area (Å²) in [5.74, 6) is 0.140. The van der Waals surface area contributed by atoms with Crippen LogP contribution in [0.15, 0.2) is 51.4 Å². The van der Waals surface area contributed by atoms with E-state index in [4.69, 9.17) is 0 Å². The molecule has 0 atom stereocenters.